The minimum absolute atomic E-state index is 0.271. The summed E-state index contributed by atoms with van der Waals surface area (Å²) in [5, 5.41) is 6.23. The summed E-state index contributed by atoms with van der Waals surface area (Å²) in [7, 11) is 0. The summed E-state index contributed by atoms with van der Waals surface area (Å²) in [5.41, 5.74) is 7.17. The second-order valence-electron chi connectivity index (χ2n) is 5.69. The maximum Gasteiger partial charge on any atom is 0.224 e. The van der Waals surface area contributed by atoms with Crippen molar-refractivity contribution < 1.29 is 4.39 Å². The van der Waals surface area contributed by atoms with E-state index in [4.69, 9.17) is 5.73 Å². The summed E-state index contributed by atoms with van der Waals surface area (Å²) < 4.78 is 12.9. The van der Waals surface area contributed by atoms with E-state index in [1.165, 1.54) is 12.1 Å². The Morgan fingerprint density at radius 3 is 2.48 bits per heavy atom. The third-order valence-electron chi connectivity index (χ3n) is 2.67. The smallest absolute Gasteiger partial charge is 0.224 e. The fourth-order valence-electron chi connectivity index (χ4n) is 1.70. The molecule has 0 aliphatic heterocycles. The van der Waals surface area contributed by atoms with Crippen LogP contribution in [0.15, 0.2) is 30.3 Å². The van der Waals surface area contributed by atoms with Gasteiger partial charge in [0.25, 0.3) is 0 Å². The van der Waals surface area contributed by atoms with Gasteiger partial charge < -0.3 is 16.4 Å². The van der Waals surface area contributed by atoms with Gasteiger partial charge in [0.1, 0.15) is 11.6 Å². The molecule has 0 radical (unpaired) electrons. The fraction of sp³-hybridized carbons (Fsp3) is 0.333. The van der Waals surface area contributed by atoms with Gasteiger partial charge in [-0.1, -0.05) is 0 Å². The van der Waals surface area contributed by atoms with Crippen LogP contribution in [0.1, 0.15) is 19.5 Å². The zero-order chi connectivity index (χ0) is 15.5. The Bertz CT molecular complexity index is 604. The summed E-state index contributed by atoms with van der Waals surface area (Å²) in [5.74, 6) is 0.886. The Labute approximate surface area is 123 Å². The predicted octanol–water partition coefficient (Wildman–Crippen LogP) is 2.82. The lowest BCUT2D eigenvalue weighted by Gasteiger charge is -2.19. The molecule has 2 rings (SSSR count). The molecule has 0 aliphatic carbocycles. The average Bonchev–Trinajstić information content (AvgIpc) is 2.38. The molecule has 1 aromatic carbocycles. The fourth-order valence-corrected chi connectivity index (χ4v) is 1.70. The largest absolute Gasteiger partial charge is 0.352 e. The van der Waals surface area contributed by atoms with Gasteiger partial charge in [-0.15, -0.1) is 0 Å². The van der Waals surface area contributed by atoms with Crippen molar-refractivity contribution in [3.63, 3.8) is 0 Å². The molecule has 5 nitrogen and oxygen atoms in total. The molecule has 1 aromatic heterocycles. The number of hydrogen-bond donors (Lipinski definition) is 3. The molecule has 21 heavy (non-hydrogen) atoms. The maximum absolute atomic E-state index is 12.9. The molecule has 0 unspecified atom stereocenters. The number of nitrogens with zero attached hydrogens (tertiary/aromatic N) is 2. The van der Waals surface area contributed by atoms with E-state index in [2.05, 4.69) is 20.6 Å². The van der Waals surface area contributed by atoms with Crippen molar-refractivity contribution in [3.8, 4) is 0 Å². The van der Waals surface area contributed by atoms with E-state index in [0.717, 1.165) is 11.4 Å². The topological polar surface area (TPSA) is 75.9 Å². The van der Waals surface area contributed by atoms with Crippen LogP contribution < -0.4 is 16.4 Å². The van der Waals surface area contributed by atoms with Gasteiger partial charge in [0.05, 0.1) is 0 Å². The van der Waals surface area contributed by atoms with Crippen molar-refractivity contribution in [3.05, 3.63) is 41.8 Å². The Morgan fingerprint density at radius 2 is 1.86 bits per heavy atom. The number of halogens is 1. The van der Waals surface area contributed by atoms with Gasteiger partial charge in [-0.3, -0.25) is 0 Å². The summed E-state index contributed by atoms with van der Waals surface area (Å²) in [6.45, 7) is 6.30. The molecule has 112 valence electrons. The van der Waals surface area contributed by atoms with Crippen molar-refractivity contribution in [1.82, 2.24) is 9.97 Å². The number of rotatable bonds is 5. The number of benzene rings is 1. The van der Waals surface area contributed by atoms with E-state index < -0.39 is 0 Å². The number of nitrogens with one attached hydrogen (secondary N) is 2. The van der Waals surface area contributed by atoms with E-state index >= 15 is 0 Å². The van der Waals surface area contributed by atoms with Gasteiger partial charge in [-0.2, -0.15) is 4.98 Å². The van der Waals surface area contributed by atoms with Crippen molar-refractivity contribution in [2.24, 2.45) is 5.73 Å². The molecule has 1 heterocycles. The Hall–Kier alpha value is -2.21. The molecule has 0 saturated carbocycles. The predicted molar refractivity (Wildman–Crippen MR) is 83.2 cm³/mol. The minimum Gasteiger partial charge on any atom is -0.352 e. The normalized spacial score (nSPS) is 11.3. The van der Waals surface area contributed by atoms with E-state index in [0.29, 0.717) is 18.3 Å². The highest BCUT2D eigenvalue weighted by Gasteiger charge is 2.11. The van der Waals surface area contributed by atoms with Crippen LogP contribution in [-0.4, -0.2) is 22.1 Å². The van der Waals surface area contributed by atoms with Crippen molar-refractivity contribution in [1.29, 1.82) is 0 Å². The van der Waals surface area contributed by atoms with Crippen molar-refractivity contribution in [2.75, 3.05) is 17.2 Å². The number of hydrogen-bond acceptors (Lipinski definition) is 5. The first kappa shape index (κ1) is 15.2. The van der Waals surface area contributed by atoms with Gasteiger partial charge in [-0.25, -0.2) is 9.37 Å². The first-order chi connectivity index (χ1) is 9.82. The minimum atomic E-state index is -0.350. The highest BCUT2D eigenvalue weighted by Crippen LogP contribution is 2.17. The third-order valence-corrected chi connectivity index (χ3v) is 2.67. The molecule has 6 heteroatoms. The molecule has 0 aliphatic rings. The highest BCUT2D eigenvalue weighted by molar-refractivity contribution is 5.57. The summed E-state index contributed by atoms with van der Waals surface area (Å²) >= 11 is 0. The number of nitrogens with two attached hydrogens (primary N) is 1. The molecule has 0 fully saturated rings. The van der Waals surface area contributed by atoms with Crippen LogP contribution in [0.2, 0.25) is 0 Å². The molecule has 4 N–H and O–H groups in total. The lowest BCUT2D eigenvalue weighted by atomic mass is 10.1. The third kappa shape index (κ3) is 5.00. The zero-order valence-corrected chi connectivity index (χ0v) is 12.4. The molecule has 0 spiro atoms. The molecule has 0 atom stereocenters. The SMILES string of the molecule is Cc1cc(Nc2ccc(F)cc2)nc(NCC(C)(C)N)n1. The molecule has 0 bridgehead atoms. The maximum atomic E-state index is 12.9. The van der Waals surface area contributed by atoms with Crippen molar-refractivity contribution in [2.45, 2.75) is 26.3 Å². The summed E-state index contributed by atoms with van der Waals surface area (Å²) in [6.07, 6.45) is 0. The first-order valence-corrected chi connectivity index (χ1v) is 6.73. The van der Waals surface area contributed by atoms with Gasteiger partial charge in [0, 0.05) is 29.5 Å². The summed E-state index contributed by atoms with van der Waals surface area (Å²) in [4.78, 5) is 8.69. The second-order valence-corrected chi connectivity index (χ2v) is 5.69. The van der Waals surface area contributed by atoms with E-state index in [-0.39, 0.29) is 11.4 Å². The lowest BCUT2D eigenvalue weighted by Crippen LogP contribution is -2.40. The first-order valence-electron chi connectivity index (χ1n) is 6.73. The van der Waals surface area contributed by atoms with Crippen LogP contribution >= 0.6 is 0 Å². The highest BCUT2D eigenvalue weighted by atomic mass is 19.1. The van der Waals surface area contributed by atoms with E-state index in [9.17, 15) is 4.39 Å². The van der Waals surface area contributed by atoms with Crippen LogP contribution in [0.5, 0.6) is 0 Å². The van der Waals surface area contributed by atoms with E-state index in [1.54, 1.807) is 12.1 Å². The van der Waals surface area contributed by atoms with Gasteiger partial charge >= 0.3 is 0 Å². The zero-order valence-electron chi connectivity index (χ0n) is 12.4. The summed E-state index contributed by atoms with van der Waals surface area (Å²) in [6, 6.07) is 7.92. The van der Waals surface area contributed by atoms with Crippen LogP contribution in [0.3, 0.4) is 0 Å². The van der Waals surface area contributed by atoms with Crippen LogP contribution in [0.25, 0.3) is 0 Å². The number of aromatic nitrogens is 2. The van der Waals surface area contributed by atoms with E-state index in [1.807, 2.05) is 26.8 Å². The van der Waals surface area contributed by atoms with Gasteiger partial charge in [0.15, 0.2) is 0 Å². The van der Waals surface area contributed by atoms with Crippen LogP contribution in [0.4, 0.5) is 21.8 Å². The van der Waals surface area contributed by atoms with Crippen LogP contribution in [-0.2, 0) is 0 Å². The second kappa shape index (κ2) is 6.05. The number of anilines is 3. The lowest BCUT2D eigenvalue weighted by molar-refractivity contribution is 0.547. The monoisotopic (exact) mass is 289 g/mol. The van der Waals surface area contributed by atoms with Crippen molar-refractivity contribution >= 4 is 17.5 Å². The molecule has 0 amide bonds. The Balaban J connectivity index is 2.13. The number of aryl methyl sites for hydroxylation is 1. The molecule has 0 saturated heterocycles. The van der Waals surface area contributed by atoms with Gasteiger partial charge in [-0.05, 0) is 45.0 Å². The average molecular weight is 289 g/mol. The Morgan fingerprint density at radius 1 is 1.19 bits per heavy atom. The van der Waals surface area contributed by atoms with Gasteiger partial charge in [0.2, 0.25) is 5.95 Å². The molecular weight excluding hydrogens is 269 g/mol. The van der Waals surface area contributed by atoms with Crippen LogP contribution in [0, 0.1) is 12.7 Å². The quantitative estimate of drug-likeness (QED) is 0.789. The molecule has 2 aromatic rings. The molecular formula is C15H20FN5. The Kier molecular flexibility index (Phi) is 4.37. The standard InChI is InChI=1S/C15H20FN5/c1-10-8-13(20-12-6-4-11(16)5-7-12)21-14(19-10)18-9-15(2,3)17/h4-8H,9,17H2,1-3H3,(H2,18,19,20,21).